The Morgan fingerprint density at radius 2 is 1.85 bits per heavy atom. The number of nitrogen functional groups attached to an aromatic ring is 1. The van der Waals surface area contributed by atoms with E-state index in [-0.39, 0.29) is 10.7 Å². The van der Waals surface area contributed by atoms with E-state index in [4.69, 9.17) is 5.84 Å². The Bertz CT molecular complexity index is 699. The summed E-state index contributed by atoms with van der Waals surface area (Å²) in [4.78, 5) is 3.94. The molecule has 0 atom stereocenters. The predicted molar refractivity (Wildman–Crippen MR) is 78.8 cm³/mol. The number of anilines is 2. The topological polar surface area (TPSA) is 88.3 Å². The van der Waals surface area contributed by atoms with Crippen LogP contribution in [-0.2, 0) is 10.0 Å². The minimum Gasteiger partial charge on any atom is -0.307 e. The molecule has 1 heterocycles. The van der Waals surface area contributed by atoms with Crippen LogP contribution in [0.3, 0.4) is 0 Å². The van der Waals surface area contributed by atoms with Crippen molar-refractivity contribution in [1.29, 1.82) is 0 Å². The van der Waals surface area contributed by atoms with Gasteiger partial charge in [0.1, 0.15) is 4.90 Å². The van der Waals surface area contributed by atoms with Crippen molar-refractivity contribution in [2.75, 3.05) is 16.8 Å². The summed E-state index contributed by atoms with van der Waals surface area (Å²) >= 11 is 0. The number of aromatic nitrogens is 1. The average Bonchev–Trinajstić information content (AvgIpc) is 2.47. The molecule has 0 aliphatic carbocycles. The molecule has 2 aromatic rings. The highest BCUT2D eigenvalue weighted by molar-refractivity contribution is 7.93. The van der Waals surface area contributed by atoms with Crippen molar-refractivity contribution in [2.24, 2.45) is 5.84 Å². The maximum atomic E-state index is 12.6. The monoisotopic (exact) mass is 292 g/mol. The van der Waals surface area contributed by atoms with Gasteiger partial charge >= 0.3 is 0 Å². The molecule has 0 saturated carbocycles. The number of hydrogen-bond acceptors (Lipinski definition) is 5. The summed E-state index contributed by atoms with van der Waals surface area (Å²) in [6, 6.07) is 10.2. The zero-order valence-electron chi connectivity index (χ0n) is 11.2. The first-order chi connectivity index (χ1) is 9.46. The van der Waals surface area contributed by atoms with Gasteiger partial charge in [-0.3, -0.25) is 4.31 Å². The molecular weight excluding hydrogens is 276 g/mol. The van der Waals surface area contributed by atoms with Gasteiger partial charge in [0.05, 0.1) is 5.69 Å². The van der Waals surface area contributed by atoms with E-state index in [2.05, 4.69) is 10.4 Å². The molecule has 0 fully saturated rings. The second-order valence-electron chi connectivity index (χ2n) is 4.30. The van der Waals surface area contributed by atoms with E-state index in [0.29, 0.717) is 5.69 Å². The van der Waals surface area contributed by atoms with Crippen LogP contribution in [0.15, 0.2) is 47.5 Å². The molecule has 6 nitrogen and oxygen atoms in total. The predicted octanol–water partition coefficient (Wildman–Crippen LogP) is 1.50. The van der Waals surface area contributed by atoms with Crippen LogP contribution in [0, 0.1) is 6.92 Å². The fraction of sp³-hybridized carbons (Fsp3) is 0.154. The van der Waals surface area contributed by atoms with Gasteiger partial charge in [0.25, 0.3) is 10.0 Å². The van der Waals surface area contributed by atoms with Crippen LogP contribution in [0.1, 0.15) is 5.56 Å². The summed E-state index contributed by atoms with van der Waals surface area (Å²) in [5, 5.41) is 0. The molecule has 7 heteroatoms. The number of aryl methyl sites for hydroxylation is 1. The molecule has 0 bridgehead atoms. The molecule has 0 amide bonds. The minimum absolute atomic E-state index is 0.0329. The van der Waals surface area contributed by atoms with Crippen LogP contribution >= 0.6 is 0 Å². The number of nitrogens with one attached hydrogen (secondary N) is 1. The van der Waals surface area contributed by atoms with Crippen LogP contribution in [0.5, 0.6) is 0 Å². The summed E-state index contributed by atoms with van der Waals surface area (Å²) in [7, 11) is -2.23. The van der Waals surface area contributed by atoms with Crippen LogP contribution in [0.2, 0.25) is 0 Å². The Morgan fingerprint density at radius 1 is 1.20 bits per heavy atom. The van der Waals surface area contributed by atoms with Crippen molar-refractivity contribution in [3.05, 3.63) is 48.2 Å². The lowest BCUT2D eigenvalue weighted by molar-refractivity contribution is 0.594. The average molecular weight is 292 g/mol. The van der Waals surface area contributed by atoms with E-state index < -0.39 is 10.0 Å². The SMILES string of the molecule is Cc1ccc(N(C)S(=O)(=O)c2cccnc2NN)cc1. The third kappa shape index (κ3) is 2.59. The largest absolute Gasteiger partial charge is 0.307 e. The quantitative estimate of drug-likeness (QED) is 0.658. The van der Waals surface area contributed by atoms with Crippen LogP contribution in [-0.4, -0.2) is 20.4 Å². The summed E-state index contributed by atoms with van der Waals surface area (Å²) < 4.78 is 26.4. The molecule has 1 aromatic heterocycles. The zero-order valence-corrected chi connectivity index (χ0v) is 12.1. The zero-order chi connectivity index (χ0) is 14.8. The first kappa shape index (κ1) is 14.3. The van der Waals surface area contributed by atoms with Gasteiger partial charge in [-0.25, -0.2) is 19.2 Å². The van der Waals surface area contributed by atoms with Gasteiger partial charge in [0.15, 0.2) is 5.82 Å². The Kier molecular flexibility index (Phi) is 3.91. The van der Waals surface area contributed by atoms with E-state index in [1.807, 2.05) is 19.1 Å². The molecule has 0 spiro atoms. The second-order valence-corrected chi connectivity index (χ2v) is 6.24. The molecule has 3 N–H and O–H groups in total. The smallest absolute Gasteiger partial charge is 0.267 e. The van der Waals surface area contributed by atoms with E-state index in [9.17, 15) is 8.42 Å². The molecule has 0 aliphatic rings. The summed E-state index contributed by atoms with van der Waals surface area (Å²) in [5.41, 5.74) is 3.93. The number of sulfonamides is 1. The van der Waals surface area contributed by atoms with Gasteiger partial charge in [-0.2, -0.15) is 0 Å². The lowest BCUT2D eigenvalue weighted by atomic mass is 10.2. The lowest BCUT2D eigenvalue weighted by Gasteiger charge is -2.20. The summed E-state index contributed by atoms with van der Waals surface area (Å²) in [6.45, 7) is 1.94. The van der Waals surface area contributed by atoms with E-state index >= 15 is 0 Å². The number of hydrazine groups is 1. The van der Waals surface area contributed by atoms with Crippen molar-refractivity contribution in [2.45, 2.75) is 11.8 Å². The van der Waals surface area contributed by atoms with Gasteiger partial charge in [-0.15, -0.1) is 0 Å². The molecule has 2 rings (SSSR count). The van der Waals surface area contributed by atoms with Gasteiger partial charge < -0.3 is 5.43 Å². The van der Waals surface area contributed by atoms with Crippen LogP contribution in [0.4, 0.5) is 11.5 Å². The number of pyridine rings is 1. The molecular formula is C13H16N4O2S. The second kappa shape index (κ2) is 5.48. The van der Waals surface area contributed by atoms with Crippen molar-refractivity contribution in [1.82, 2.24) is 4.98 Å². The van der Waals surface area contributed by atoms with Crippen molar-refractivity contribution >= 4 is 21.5 Å². The normalized spacial score (nSPS) is 11.2. The summed E-state index contributed by atoms with van der Waals surface area (Å²) in [6.07, 6.45) is 1.47. The maximum Gasteiger partial charge on any atom is 0.267 e. The Balaban J connectivity index is 2.46. The molecule has 0 saturated heterocycles. The highest BCUT2D eigenvalue weighted by atomic mass is 32.2. The van der Waals surface area contributed by atoms with Crippen molar-refractivity contribution in [3.8, 4) is 0 Å². The molecule has 106 valence electrons. The van der Waals surface area contributed by atoms with Gasteiger partial charge in [0, 0.05) is 13.2 Å². The van der Waals surface area contributed by atoms with Crippen molar-refractivity contribution in [3.63, 3.8) is 0 Å². The third-order valence-corrected chi connectivity index (χ3v) is 4.76. The van der Waals surface area contributed by atoms with E-state index in [0.717, 1.165) is 5.56 Å². The van der Waals surface area contributed by atoms with Gasteiger partial charge in [-0.05, 0) is 31.2 Å². The Labute approximate surface area is 118 Å². The Morgan fingerprint density at radius 3 is 2.45 bits per heavy atom. The molecule has 0 aliphatic heterocycles. The standard InChI is InChI=1S/C13H16N4O2S/c1-10-5-7-11(8-6-10)17(2)20(18,19)12-4-3-9-15-13(12)16-14/h3-9H,14H2,1-2H3,(H,15,16). The summed E-state index contributed by atoms with van der Waals surface area (Å²) in [5.74, 6) is 5.43. The number of rotatable bonds is 4. The first-order valence-corrected chi connectivity index (χ1v) is 7.38. The van der Waals surface area contributed by atoms with E-state index in [1.165, 1.54) is 23.6 Å². The van der Waals surface area contributed by atoms with Gasteiger partial charge in [0.2, 0.25) is 0 Å². The third-order valence-electron chi connectivity index (χ3n) is 2.94. The van der Waals surface area contributed by atoms with Crippen LogP contribution in [0.25, 0.3) is 0 Å². The number of benzene rings is 1. The number of hydrogen-bond donors (Lipinski definition) is 2. The fourth-order valence-electron chi connectivity index (χ4n) is 1.75. The Hall–Kier alpha value is -2.12. The number of nitrogens with two attached hydrogens (primary N) is 1. The van der Waals surface area contributed by atoms with E-state index in [1.54, 1.807) is 18.2 Å². The fourth-order valence-corrected chi connectivity index (χ4v) is 3.05. The molecule has 1 aromatic carbocycles. The molecule has 20 heavy (non-hydrogen) atoms. The minimum atomic E-state index is -3.72. The van der Waals surface area contributed by atoms with Gasteiger partial charge in [-0.1, -0.05) is 17.7 Å². The molecule has 0 radical (unpaired) electrons. The maximum absolute atomic E-state index is 12.6. The number of nitrogens with zero attached hydrogens (tertiary/aromatic N) is 2. The molecule has 0 unspecified atom stereocenters. The lowest BCUT2D eigenvalue weighted by Crippen LogP contribution is -2.28. The highest BCUT2D eigenvalue weighted by Gasteiger charge is 2.24. The first-order valence-electron chi connectivity index (χ1n) is 5.94. The van der Waals surface area contributed by atoms with Crippen LogP contribution < -0.4 is 15.6 Å². The van der Waals surface area contributed by atoms with Crippen molar-refractivity contribution < 1.29 is 8.42 Å². The highest BCUT2D eigenvalue weighted by Crippen LogP contribution is 2.25.